The second-order valence-corrected chi connectivity index (χ2v) is 5.28. The van der Waals surface area contributed by atoms with E-state index < -0.39 is 22.9 Å². The summed E-state index contributed by atoms with van der Waals surface area (Å²) >= 11 is 1.23. The maximum absolute atomic E-state index is 11.7. The molecule has 1 aromatic heterocycles. The van der Waals surface area contributed by atoms with Crippen LogP contribution in [-0.4, -0.2) is 44.3 Å². The summed E-state index contributed by atoms with van der Waals surface area (Å²) in [5.74, 6) is 0. The summed E-state index contributed by atoms with van der Waals surface area (Å²) in [4.78, 5) is 25.1. The van der Waals surface area contributed by atoms with Gasteiger partial charge < -0.3 is 14.9 Å². The molecule has 0 bridgehead atoms. The van der Waals surface area contributed by atoms with Gasteiger partial charge in [0, 0.05) is 11.8 Å². The Morgan fingerprint density at radius 3 is 2.72 bits per heavy atom. The van der Waals surface area contributed by atoms with E-state index >= 15 is 0 Å². The number of rotatable bonds is 3. The van der Waals surface area contributed by atoms with Gasteiger partial charge in [-0.05, 0) is 6.92 Å². The number of hydrogen-bond acceptors (Lipinski definition) is 6. The van der Waals surface area contributed by atoms with Crippen LogP contribution < -0.4 is 11.2 Å². The van der Waals surface area contributed by atoms with E-state index in [1.807, 2.05) is 0 Å². The highest BCUT2D eigenvalue weighted by Gasteiger charge is 2.36. The number of aryl methyl sites for hydroxylation is 1. The molecule has 0 unspecified atom stereocenters. The Hall–Kier alpha value is -1.09. The second-order valence-electron chi connectivity index (χ2n) is 4.00. The van der Waals surface area contributed by atoms with Crippen molar-refractivity contribution >= 4 is 11.8 Å². The SMILES string of the molecule is Cc1cn([C@H]2O[C@H](CO)[C@@H](CO)S2)c(=O)[nH]c1=O. The molecule has 0 aliphatic carbocycles. The zero-order valence-corrected chi connectivity index (χ0v) is 10.5. The molecule has 100 valence electrons. The maximum Gasteiger partial charge on any atom is 0.331 e. The van der Waals surface area contributed by atoms with Gasteiger partial charge in [-0.15, -0.1) is 0 Å². The van der Waals surface area contributed by atoms with Crippen molar-refractivity contribution in [3.8, 4) is 0 Å². The van der Waals surface area contributed by atoms with Crippen molar-refractivity contribution in [2.75, 3.05) is 13.2 Å². The molecule has 0 aromatic carbocycles. The average Bonchev–Trinajstić information content (AvgIpc) is 2.76. The van der Waals surface area contributed by atoms with Gasteiger partial charge in [0.1, 0.15) is 0 Å². The van der Waals surface area contributed by atoms with Gasteiger partial charge in [0.15, 0.2) is 5.56 Å². The number of thioether (sulfide) groups is 1. The Morgan fingerprint density at radius 2 is 2.17 bits per heavy atom. The molecule has 0 spiro atoms. The lowest BCUT2D eigenvalue weighted by Gasteiger charge is -2.13. The minimum Gasteiger partial charge on any atom is -0.395 e. The molecule has 0 amide bonds. The number of nitrogens with one attached hydrogen (secondary N) is 1. The number of hydrogen-bond donors (Lipinski definition) is 3. The van der Waals surface area contributed by atoms with E-state index in [2.05, 4.69) is 4.98 Å². The van der Waals surface area contributed by atoms with Gasteiger partial charge in [0.25, 0.3) is 5.56 Å². The first-order valence-electron chi connectivity index (χ1n) is 5.41. The third-order valence-corrected chi connectivity index (χ3v) is 4.10. The van der Waals surface area contributed by atoms with Crippen LogP contribution in [0.15, 0.2) is 15.8 Å². The van der Waals surface area contributed by atoms with Crippen molar-refractivity contribution in [3.63, 3.8) is 0 Å². The smallest absolute Gasteiger partial charge is 0.331 e. The summed E-state index contributed by atoms with van der Waals surface area (Å²) in [7, 11) is 0. The van der Waals surface area contributed by atoms with Crippen molar-refractivity contribution in [3.05, 3.63) is 32.6 Å². The zero-order valence-electron chi connectivity index (χ0n) is 9.70. The number of aromatic nitrogens is 2. The molecular weight excluding hydrogens is 260 g/mol. The minimum atomic E-state index is -0.651. The Balaban J connectivity index is 2.31. The highest BCUT2D eigenvalue weighted by molar-refractivity contribution is 8.00. The highest BCUT2D eigenvalue weighted by atomic mass is 32.2. The molecule has 8 heteroatoms. The first-order valence-corrected chi connectivity index (χ1v) is 6.35. The van der Waals surface area contributed by atoms with Crippen molar-refractivity contribution in [1.82, 2.24) is 9.55 Å². The van der Waals surface area contributed by atoms with E-state index in [4.69, 9.17) is 14.9 Å². The monoisotopic (exact) mass is 274 g/mol. The van der Waals surface area contributed by atoms with Crippen LogP contribution in [0.1, 0.15) is 11.1 Å². The minimum absolute atomic E-state index is 0.149. The largest absolute Gasteiger partial charge is 0.395 e. The third-order valence-electron chi connectivity index (χ3n) is 2.73. The van der Waals surface area contributed by atoms with Gasteiger partial charge >= 0.3 is 5.69 Å². The highest BCUT2D eigenvalue weighted by Crippen LogP contribution is 2.38. The molecule has 3 N–H and O–H groups in total. The fourth-order valence-electron chi connectivity index (χ4n) is 1.70. The molecule has 0 saturated carbocycles. The number of ether oxygens (including phenoxy) is 1. The Kier molecular flexibility index (Phi) is 3.91. The van der Waals surface area contributed by atoms with E-state index in [1.165, 1.54) is 22.5 Å². The molecule has 1 saturated heterocycles. The van der Waals surface area contributed by atoms with Crippen LogP contribution in [0.2, 0.25) is 0 Å². The normalized spacial score (nSPS) is 27.6. The topological polar surface area (TPSA) is 105 Å². The van der Waals surface area contributed by atoms with E-state index in [0.29, 0.717) is 5.56 Å². The molecule has 1 aromatic rings. The molecule has 7 nitrogen and oxygen atoms in total. The van der Waals surface area contributed by atoms with Crippen LogP contribution >= 0.6 is 11.8 Å². The summed E-state index contributed by atoms with van der Waals surface area (Å²) in [5.41, 5.74) is -1.26. The Bertz CT molecular complexity index is 528. The Morgan fingerprint density at radius 1 is 1.44 bits per heavy atom. The predicted octanol–water partition coefficient (Wildman–Crippen LogP) is -1.21. The van der Waals surface area contributed by atoms with Gasteiger partial charge in [0.05, 0.1) is 24.6 Å². The van der Waals surface area contributed by atoms with Crippen LogP contribution in [0.5, 0.6) is 0 Å². The predicted molar refractivity (Wildman–Crippen MR) is 65.5 cm³/mol. The second kappa shape index (κ2) is 5.27. The summed E-state index contributed by atoms with van der Waals surface area (Å²) in [6, 6.07) is 0. The van der Waals surface area contributed by atoms with Crippen molar-refractivity contribution in [2.45, 2.75) is 23.8 Å². The van der Waals surface area contributed by atoms with Crippen LogP contribution in [0.3, 0.4) is 0 Å². The van der Waals surface area contributed by atoms with Crippen LogP contribution in [0.25, 0.3) is 0 Å². The summed E-state index contributed by atoms with van der Waals surface area (Å²) in [6.07, 6.45) is 0.886. The summed E-state index contributed by atoms with van der Waals surface area (Å²) in [6.45, 7) is 1.21. The molecule has 2 heterocycles. The lowest BCUT2D eigenvalue weighted by atomic mass is 10.3. The number of aliphatic hydroxyl groups excluding tert-OH is 2. The van der Waals surface area contributed by atoms with Crippen molar-refractivity contribution in [2.24, 2.45) is 0 Å². The first-order chi connectivity index (χ1) is 8.56. The van der Waals surface area contributed by atoms with Gasteiger partial charge in [-0.3, -0.25) is 14.3 Å². The lowest BCUT2D eigenvalue weighted by Crippen LogP contribution is -2.33. The van der Waals surface area contributed by atoms with Gasteiger partial charge in [-0.25, -0.2) is 4.79 Å². The van der Waals surface area contributed by atoms with E-state index in [-0.39, 0.29) is 18.5 Å². The van der Waals surface area contributed by atoms with E-state index in [0.717, 1.165) is 0 Å². The number of H-pyrrole nitrogens is 1. The number of aliphatic hydroxyl groups is 2. The number of nitrogens with zero attached hydrogens (tertiary/aromatic N) is 1. The third kappa shape index (κ3) is 2.37. The fourth-order valence-corrected chi connectivity index (χ4v) is 2.91. The molecule has 1 aliphatic rings. The van der Waals surface area contributed by atoms with Gasteiger partial charge in [0.2, 0.25) is 0 Å². The Labute approximate surface area is 106 Å². The molecule has 1 fully saturated rings. The summed E-state index contributed by atoms with van der Waals surface area (Å²) < 4.78 is 6.72. The molecule has 0 radical (unpaired) electrons. The maximum atomic E-state index is 11.7. The van der Waals surface area contributed by atoms with Crippen LogP contribution in [0, 0.1) is 6.92 Å². The van der Waals surface area contributed by atoms with Crippen LogP contribution in [0.4, 0.5) is 0 Å². The molecule has 2 rings (SSSR count). The molecule has 1 aliphatic heterocycles. The zero-order chi connectivity index (χ0) is 13.3. The summed E-state index contributed by atoms with van der Waals surface area (Å²) in [5, 5.41) is 18.0. The molecular formula is C10H14N2O5S. The van der Waals surface area contributed by atoms with Crippen molar-refractivity contribution < 1.29 is 14.9 Å². The van der Waals surface area contributed by atoms with Gasteiger partial charge in [-0.2, -0.15) is 0 Å². The average molecular weight is 274 g/mol. The van der Waals surface area contributed by atoms with Gasteiger partial charge in [-0.1, -0.05) is 11.8 Å². The van der Waals surface area contributed by atoms with Crippen molar-refractivity contribution in [1.29, 1.82) is 0 Å². The van der Waals surface area contributed by atoms with Crippen LogP contribution in [-0.2, 0) is 4.74 Å². The number of aromatic amines is 1. The quantitative estimate of drug-likeness (QED) is 0.638. The first kappa shape index (κ1) is 13.3. The van der Waals surface area contributed by atoms with E-state index in [1.54, 1.807) is 6.92 Å². The van der Waals surface area contributed by atoms with E-state index in [9.17, 15) is 9.59 Å². The fraction of sp³-hybridized carbons (Fsp3) is 0.600. The lowest BCUT2D eigenvalue weighted by molar-refractivity contribution is -0.0191. The molecule has 3 atom stereocenters. The standard InChI is InChI=1S/C10H14N2O5S/c1-5-2-12(9(16)11-8(5)15)10-17-6(3-13)7(4-14)18-10/h2,6-7,10,13-14H,3-4H2,1H3,(H,11,15,16)/t6-,7-,10+/m1/s1. The molecule has 18 heavy (non-hydrogen) atoms.